The molecule has 2 heterocycles. The van der Waals surface area contributed by atoms with Crippen LogP contribution >= 0.6 is 0 Å². The number of ether oxygens (including phenoxy) is 1. The summed E-state index contributed by atoms with van der Waals surface area (Å²) in [5, 5.41) is 13.0. The van der Waals surface area contributed by atoms with Gasteiger partial charge in [-0.2, -0.15) is 10.2 Å². The quantitative estimate of drug-likeness (QED) is 0.623. The summed E-state index contributed by atoms with van der Waals surface area (Å²) in [6.45, 7) is 1.42. The molecule has 1 unspecified atom stereocenters. The Morgan fingerprint density at radius 1 is 1.30 bits per heavy atom. The summed E-state index contributed by atoms with van der Waals surface area (Å²) in [6, 6.07) is 14.5. The molecule has 0 spiro atoms. The maximum absolute atomic E-state index is 12.9. The van der Waals surface area contributed by atoms with Crippen LogP contribution < -0.4 is 4.74 Å². The number of carbonyl (C=O) groups excluding carboxylic acids is 1. The molecule has 1 aromatic heterocycles. The van der Waals surface area contributed by atoms with Gasteiger partial charge in [-0.3, -0.25) is 4.79 Å². The van der Waals surface area contributed by atoms with Crippen LogP contribution in [0.25, 0.3) is 0 Å². The lowest BCUT2D eigenvalue weighted by molar-refractivity contribution is 0.0789. The van der Waals surface area contributed by atoms with E-state index in [0.717, 1.165) is 6.42 Å². The Morgan fingerprint density at radius 3 is 2.93 bits per heavy atom. The predicted octanol–water partition coefficient (Wildman–Crippen LogP) is 3.33. The van der Waals surface area contributed by atoms with Gasteiger partial charge in [0.2, 0.25) is 5.89 Å². The number of nitriles is 1. The van der Waals surface area contributed by atoms with E-state index in [1.54, 1.807) is 41.3 Å². The second-order valence-electron chi connectivity index (χ2n) is 7.03. The number of nitrogens with zero attached hydrogens (tertiary/aromatic N) is 4. The molecule has 8 heteroatoms. The third-order valence-electron chi connectivity index (χ3n) is 4.96. The molecule has 152 valence electrons. The molecular weight excluding hydrogens is 387 g/mol. The zero-order valence-electron chi connectivity index (χ0n) is 16.1. The lowest BCUT2D eigenvalue weighted by atomic mass is 10.1. The van der Waals surface area contributed by atoms with Gasteiger partial charge in [-0.1, -0.05) is 11.2 Å². The summed E-state index contributed by atoms with van der Waals surface area (Å²) in [7, 11) is 0. The first kappa shape index (κ1) is 19.6. The average molecular weight is 406 g/mol. The third kappa shape index (κ3) is 4.46. The van der Waals surface area contributed by atoms with Crippen molar-refractivity contribution in [1.29, 1.82) is 5.26 Å². The maximum Gasteiger partial charge on any atom is 0.253 e. The van der Waals surface area contributed by atoms with Crippen molar-refractivity contribution in [3.05, 3.63) is 77.2 Å². The summed E-state index contributed by atoms with van der Waals surface area (Å²) < 4.78 is 23.8. The number of rotatable bonds is 6. The summed E-state index contributed by atoms with van der Waals surface area (Å²) in [5.74, 6) is 1.17. The van der Waals surface area contributed by atoms with Crippen molar-refractivity contribution in [1.82, 2.24) is 15.0 Å². The van der Waals surface area contributed by atoms with E-state index in [1.165, 1.54) is 12.1 Å². The minimum Gasteiger partial charge on any atom is -0.493 e. The molecule has 0 N–H and O–H groups in total. The highest BCUT2D eigenvalue weighted by molar-refractivity contribution is 5.94. The maximum atomic E-state index is 12.9. The van der Waals surface area contributed by atoms with Gasteiger partial charge in [0.15, 0.2) is 5.82 Å². The van der Waals surface area contributed by atoms with Gasteiger partial charge in [-0.15, -0.1) is 0 Å². The molecule has 1 atom stereocenters. The predicted molar refractivity (Wildman–Crippen MR) is 104 cm³/mol. The standard InChI is InChI=1S/C22H19FN4O3/c23-18-4-6-19(7-5-18)29-11-9-20-25-21(30-26-20)17-8-10-27(14-17)22(28)16-3-1-2-15(12-16)13-24/h1-7,12,17H,8-11,14H2. The van der Waals surface area contributed by atoms with E-state index >= 15 is 0 Å². The summed E-state index contributed by atoms with van der Waals surface area (Å²) in [5.41, 5.74) is 0.958. The van der Waals surface area contributed by atoms with E-state index in [2.05, 4.69) is 10.1 Å². The Bertz CT molecular complexity index is 1070. The van der Waals surface area contributed by atoms with Crippen molar-refractivity contribution in [2.45, 2.75) is 18.8 Å². The van der Waals surface area contributed by atoms with Crippen molar-refractivity contribution in [3.8, 4) is 11.8 Å². The smallest absolute Gasteiger partial charge is 0.253 e. The fraction of sp³-hybridized carbons (Fsp3) is 0.273. The van der Waals surface area contributed by atoms with Crippen LogP contribution in [0.1, 0.15) is 40.0 Å². The van der Waals surface area contributed by atoms with Gasteiger partial charge in [0, 0.05) is 25.1 Å². The van der Waals surface area contributed by atoms with Crippen molar-refractivity contribution in [3.63, 3.8) is 0 Å². The number of hydrogen-bond donors (Lipinski definition) is 0. The van der Waals surface area contributed by atoms with Crippen LogP contribution in [0.4, 0.5) is 4.39 Å². The van der Waals surface area contributed by atoms with Gasteiger partial charge in [0.1, 0.15) is 11.6 Å². The Labute approximate surface area is 172 Å². The molecule has 0 bridgehead atoms. The largest absolute Gasteiger partial charge is 0.493 e. The van der Waals surface area contributed by atoms with Crippen LogP contribution in [0, 0.1) is 17.1 Å². The molecule has 1 saturated heterocycles. The van der Waals surface area contributed by atoms with E-state index in [9.17, 15) is 9.18 Å². The monoisotopic (exact) mass is 406 g/mol. The summed E-state index contributed by atoms with van der Waals surface area (Å²) in [4.78, 5) is 18.9. The van der Waals surface area contributed by atoms with Gasteiger partial charge in [0.05, 0.1) is 24.2 Å². The first-order valence-corrected chi connectivity index (χ1v) is 9.62. The van der Waals surface area contributed by atoms with Gasteiger partial charge >= 0.3 is 0 Å². The van der Waals surface area contributed by atoms with E-state index in [4.69, 9.17) is 14.5 Å². The molecule has 1 aliphatic heterocycles. The van der Waals surface area contributed by atoms with Gasteiger partial charge in [0.25, 0.3) is 5.91 Å². The molecule has 2 aromatic carbocycles. The number of hydrogen-bond acceptors (Lipinski definition) is 6. The van der Waals surface area contributed by atoms with Gasteiger partial charge < -0.3 is 14.2 Å². The molecule has 3 aromatic rings. The van der Waals surface area contributed by atoms with Crippen LogP contribution in [0.5, 0.6) is 5.75 Å². The highest BCUT2D eigenvalue weighted by atomic mass is 19.1. The van der Waals surface area contributed by atoms with E-state index < -0.39 is 0 Å². The Hall–Kier alpha value is -3.73. The Morgan fingerprint density at radius 2 is 2.13 bits per heavy atom. The third-order valence-corrected chi connectivity index (χ3v) is 4.96. The number of benzene rings is 2. The van der Waals surface area contributed by atoms with Crippen LogP contribution in [0.3, 0.4) is 0 Å². The summed E-state index contributed by atoms with van der Waals surface area (Å²) in [6.07, 6.45) is 1.19. The van der Waals surface area contributed by atoms with Gasteiger partial charge in [-0.25, -0.2) is 4.39 Å². The number of halogens is 1. The zero-order chi connectivity index (χ0) is 20.9. The molecule has 1 fully saturated rings. The molecule has 4 rings (SSSR count). The fourth-order valence-electron chi connectivity index (χ4n) is 3.38. The molecule has 1 aliphatic rings. The number of carbonyl (C=O) groups is 1. The highest BCUT2D eigenvalue weighted by Crippen LogP contribution is 2.27. The normalized spacial score (nSPS) is 15.7. The van der Waals surface area contributed by atoms with Crippen molar-refractivity contribution in [2.75, 3.05) is 19.7 Å². The molecule has 0 saturated carbocycles. The molecule has 7 nitrogen and oxygen atoms in total. The molecule has 0 aliphatic carbocycles. The molecule has 0 radical (unpaired) electrons. The lowest BCUT2D eigenvalue weighted by Crippen LogP contribution is -2.28. The van der Waals surface area contributed by atoms with Crippen LogP contribution in [0.15, 0.2) is 53.1 Å². The Balaban J connectivity index is 1.31. The minimum absolute atomic E-state index is 0.0210. The van der Waals surface area contributed by atoms with Crippen LogP contribution in [-0.2, 0) is 6.42 Å². The molecule has 30 heavy (non-hydrogen) atoms. The SMILES string of the molecule is N#Cc1cccc(C(=O)N2CCC(c3nc(CCOc4ccc(F)cc4)no3)C2)c1. The summed E-state index contributed by atoms with van der Waals surface area (Å²) >= 11 is 0. The number of amides is 1. The number of likely N-dealkylation sites (tertiary alicyclic amines) is 1. The van der Waals surface area contributed by atoms with E-state index in [-0.39, 0.29) is 17.6 Å². The fourth-order valence-corrected chi connectivity index (χ4v) is 3.38. The number of aromatic nitrogens is 2. The first-order valence-electron chi connectivity index (χ1n) is 9.62. The van der Waals surface area contributed by atoms with E-state index in [0.29, 0.717) is 54.7 Å². The van der Waals surface area contributed by atoms with Gasteiger partial charge in [-0.05, 0) is 48.9 Å². The first-order chi connectivity index (χ1) is 14.6. The van der Waals surface area contributed by atoms with Crippen molar-refractivity contribution in [2.24, 2.45) is 0 Å². The molecule has 1 amide bonds. The van der Waals surface area contributed by atoms with Crippen molar-refractivity contribution < 1.29 is 18.4 Å². The highest BCUT2D eigenvalue weighted by Gasteiger charge is 2.31. The minimum atomic E-state index is -0.313. The van der Waals surface area contributed by atoms with Crippen LogP contribution in [-0.4, -0.2) is 40.6 Å². The second-order valence-corrected chi connectivity index (χ2v) is 7.03. The molecular formula is C22H19FN4O3. The Kier molecular flexibility index (Phi) is 5.70. The average Bonchev–Trinajstić information content (AvgIpc) is 3.44. The van der Waals surface area contributed by atoms with Crippen LogP contribution in [0.2, 0.25) is 0 Å². The topological polar surface area (TPSA) is 92.2 Å². The zero-order valence-corrected chi connectivity index (χ0v) is 16.1. The second kappa shape index (κ2) is 8.74. The lowest BCUT2D eigenvalue weighted by Gasteiger charge is -2.15. The van der Waals surface area contributed by atoms with E-state index in [1.807, 2.05) is 6.07 Å². The van der Waals surface area contributed by atoms with Crippen molar-refractivity contribution >= 4 is 5.91 Å².